The summed E-state index contributed by atoms with van der Waals surface area (Å²) >= 11 is 0. The molecule has 1 saturated heterocycles. The SMILES string of the molecule is O=C1CCCCCN1CCCNCc1ncc[nH]1. The van der Waals surface area contributed by atoms with Crippen molar-refractivity contribution < 1.29 is 4.79 Å². The average molecular weight is 250 g/mol. The molecule has 1 fully saturated rings. The molecular formula is C13H22N4O. The minimum Gasteiger partial charge on any atom is -0.348 e. The van der Waals surface area contributed by atoms with E-state index in [-0.39, 0.29) is 0 Å². The van der Waals surface area contributed by atoms with Gasteiger partial charge in [-0.05, 0) is 25.8 Å². The van der Waals surface area contributed by atoms with Gasteiger partial charge in [-0.2, -0.15) is 0 Å². The van der Waals surface area contributed by atoms with Crippen LogP contribution in [-0.2, 0) is 11.3 Å². The molecule has 18 heavy (non-hydrogen) atoms. The number of amides is 1. The number of likely N-dealkylation sites (tertiary alicyclic amines) is 1. The molecule has 1 aromatic heterocycles. The highest BCUT2D eigenvalue weighted by atomic mass is 16.2. The number of nitrogens with zero attached hydrogens (tertiary/aromatic N) is 2. The lowest BCUT2D eigenvalue weighted by molar-refractivity contribution is -0.130. The molecule has 0 radical (unpaired) electrons. The normalized spacial score (nSPS) is 16.9. The summed E-state index contributed by atoms with van der Waals surface area (Å²) in [4.78, 5) is 21.0. The third-order valence-corrected chi connectivity index (χ3v) is 3.30. The number of H-pyrrole nitrogens is 1. The molecule has 1 aliphatic heterocycles. The Labute approximate surface area is 108 Å². The number of nitrogens with one attached hydrogen (secondary N) is 2. The first-order chi connectivity index (χ1) is 8.86. The second-order valence-corrected chi connectivity index (χ2v) is 4.76. The van der Waals surface area contributed by atoms with E-state index in [9.17, 15) is 4.79 Å². The predicted molar refractivity (Wildman–Crippen MR) is 70.0 cm³/mol. The van der Waals surface area contributed by atoms with Crippen molar-refractivity contribution in [2.45, 2.75) is 38.6 Å². The minimum absolute atomic E-state index is 0.332. The highest BCUT2D eigenvalue weighted by Crippen LogP contribution is 2.11. The zero-order valence-electron chi connectivity index (χ0n) is 10.8. The molecule has 100 valence electrons. The third kappa shape index (κ3) is 4.14. The fourth-order valence-corrected chi connectivity index (χ4v) is 2.27. The summed E-state index contributed by atoms with van der Waals surface area (Å²) in [6, 6.07) is 0. The average Bonchev–Trinajstić information content (AvgIpc) is 2.80. The van der Waals surface area contributed by atoms with E-state index >= 15 is 0 Å². The highest BCUT2D eigenvalue weighted by molar-refractivity contribution is 5.76. The van der Waals surface area contributed by atoms with Crippen molar-refractivity contribution in [3.8, 4) is 0 Å². The van der Waals surface area contributed by atoms with Gasteiger partial charge in [-0.15, -0.1) is 0 Å². The van der Waals surface area contributed by atoms with Crippen LogP contribution < -0.4 is 5.32 Å². The first kappa shape index (κ1) is 13.1. The Bertz CT molecular complexity index is 350. The maximum atomic E-state index is 11.8. The Hall–Kier alpha value is -1.36. The third-order valence-electron chi connectivity index (χ3n) is 3.30. The molecule has 5 nitrogen and oxygen atoms in total. The molecule has 5 heteroatoms. The molecule has 0 saturated carbocycles. The van der Waals surface area contributed by atoms with Crippen molar-refractivity contribution in [2.75, 3.05) is 19.6 Å². The van der Waals surface area contributed by atoms with Crippen LogP contribution in [-0.4, -0.2) is 40.4 Å². The van der Waals surface area contributed by atoms with Crippen LogP contribution in [0, 0.1) is 0 Å². The Balaban J connectivity index is 1.58. The van der Waals surface area contributed by atoms with Gasteiger partial charge >= 0.3 is 0 Å². The van der Waals surface area contributed by atoms with Crippen molar-refractivity contribution in [1.82, 2.24) is 20.2 Å². The van der Waals surface area contributed by atoms with E-state index in [2.05, 4.69) is 15.3 Å². The van der Waals surface area contributed by atoms with Gasteiger partial charge in [-0.3, -0.25) is 4.79 Å². The number of rotatable bonds is 6. The quantitative estimate of drug-likeness (QED) is 0.748. The van der Waals surface area contributed by atoms with Crippen molar-refractivity contribution in [3.63, 3.8) is 0 Å². The topological polar surface area (TPSA) is 61.0 Å². The largest absolute Gasteiger partial charge is 0.348 e. The number of carbonyl (C=O) groups is 1. The summed E-state index contributed by atoms with van der Waals surface area (Å²) in [7, 11) is 0. The molecule has 0 unspecified atom stereocenters. The molecule has 1 aromatic rings. The van der Waals surface area contributed by atoms with Crippen LogP contribution in [0.1, 0.15) is 37.9 Å². The standard InChI is InChI=1S/C13H22N4O/c18-13-5-2-1-3-9-17(13)10-4-6-14-11-12-15-7-8-16-12/h7-8,14H,1-6,9-11H2,(H,15,16). The smallest absolute Gasteiger partial charge is 0.222 e. The van der Waals surface area contributed by atoms with Gasteiger partial charge in [-0.25, -0.2) is 4.98 Å². The summed E-state index contributed by atoms with van der Waals surface area (Å²) in [6.45, 7) is 3.51. The van der Waals surface area contributed by atoms with E-state index in [0.717, 1.165) is 57.7 Å². The second kappa shape index (κ2) is 7.16. The van der Waals surface area contributed by atoms with E-state index in [4.69, 9.17) is 0 Å². The van der Waals surface area contributed by atoms with Crippen LogP contribution >= 0.6 is 0 Å². The number of carbonyl (C=O) groups excluding carboxylic acids is 1. The summed E-state index contributed by atoms with van der Waals surface area (Å²) in [6.07, 6.45) is 8.74. The first-order valence-electron chi connectivity index (χ1n) is 6.83. The number of aromatic nitrogens is 2. The van der Waals surface area contributed by atoms with Gasteiger partial charge in [0.15, 0.2) is 0 Å². The first-order valence-corrected chi connectivity index (χ1v) is 6.83. The van der Waals surface area contributed by atoms with Gasteiger partial charge in [0.25, 0.3) is 0 Å². The van der Waals surface area contributed by atoms with E-state index in [1.54, 1.807) is 6.20 Å². The molecule has 2 heterocycles. The Morgan fingerprint density at radius 3 is 3.17 bits per heavy atom. The fourth-order valence-electron chi connectivity index (χ4n) is 2.27. The van der Waals surface area contributed by atoms with Crippen LogP contribution in [0.25, 0.3) is 0 Å². The highest BCUT2D eigenvalue weighted by Gasteiger charge is 2.15. The summed E-state index contributed by atoms with van der Waals surface area (Å²) in [5.74, 6) is 1.29. The van der Waals surface area contributed by atoms with E-state index < -0.39 is 0 Å². The van der Waals surface area contributed by atoms with Crippen molar-refractivity contribution in [1.29, 1.82) is 0 Å². The molecule has 0 atom stereocenters. The van der Waals surface area contributed by atoms with Crippen LogP contribution in [0.15, 0.2) is 12.4 Å². The van der Waals surface area contributed by atoms with Gasteiger partial charge in [0.05, 0.1) is 6.54 Å². The van der Waals surface area contributed by atoms with Crippen molar-refractivity contribution in [3.05, 3.63) is 18.2 Å². The van der Waals surface area contributed by atoms with Crippen molar-refractivity contribution >= 4 is 5.91 Å². The molecule has 2 N–H and O–H groups in total. The summed E-state index contributed by atoms with van der Waals surface area (Å²) in [5, 5.41) is 3.33. The summed E-state index contributed by atoms with van der Waals surface area (Å²) < 4.78 is 0. The van der Waals surface area contributed by atoms with E-state index in [1.807, 2.05) is 11.1 Å². The predicted octanol–water partition coefficient (Wildman–Crippen LogP) is 1.29. The fraction of sp³-hybridized carbons (Fsp3) is 0.692. The molecule has 1 aliphatic rings. The number of aromatic amines is 1. The molecule has 2 rings (SSSR count). The number of hydrogen-bond donors (Lipinski definition) is 2. The molecule has 0 aliphatic carbocycles. The summed E-state index contributed by atoms with van der Waals surface area (Å²) in [5.41, 5.74) is 0. The van der Waals surface area contributed by atoms with Gasteiger partial charge in [0.1, 0.15) is 5.82 Å². The minimum atomic E-state index is 0.332. The maximum absolute atomic E-state index is 11.8. The molecule has 0 aromatic carbocycles. The van der Waals surface area contributed by atoms with E-state index in [1.165, 1.54) is 6.42 Å². The lowest BCUT2D eigenvalue weighted by atomic mass is 10.2. The monoisotopic (exact) mass is 250 g/mol. The van der Waals surface area contributed by atoms with Crippen LogP contribution in [0.4, 0.5) is 0 Å². The maximum Gasteiger partial charge on any atom is 0.222 e. The van der Waals surface area contributed by atoms with Crippen LogP contribution in [0.2, 0.25) is 0 Å². The van der Waals surface area contributed by atoms with Gasteiger partial charge in [-0.1, -0.05) is 6.42 Å². The molecule has 0 spiro atoms. The molecule has 1 amide bonds. The number of imidazole rings is 1. The lowest BCUT2D eigenvalue weighted by Crippen LogP contribution is -2.32. The lowest BCUT2D eigenvalue weighted by Gasteiger charge is -2.20. The van der Waals surface area contributed by atoms with Crippen LogP contribution in [0.3, 0.4) is 0 Å². The van der Waals surface area contributed by atoms with Gasteiger partial charge in [0, 0.05) is 31.9 Å². The van der Waals surface area contributed by atoms with E-state index in [0.29, 0.717) is 5.91 Å². The molecular weight excluding hydrogens is 228 g/mol. The Morgan fingerprint density at radius 2 is 2.33 bits per heavy atom. The molecule has 0 bridgehead atoms. The Kier molecular flexibility index (Phi) is 5.20. The second-order valence-electron chi connectivity index (χ2n) is 4.76. The van der Waals surface area contributed by atoms with Gasteiger partial charge < -0.3 is 15.2 Å². The number of hydrogen-bond acceptors (Lipinski definition) is 3. The Morgan fingerprint density at radius 1 is 1.39 bits per heavy atom. The van der Waals surface area contributed by atoms with Gasteiger partial charge in [0.2, 0.25) is 5.91 Å². The van der Waals surface area contributed by atoms with Crippen molar-refractivity contribution in [2.24, 2.45) is 0 Å². The zero-order chi connectivity index (χ0) is 12.6. The van der Waals surface area contributed by atoms with Crippen LogP contribution in [0.5, 0.6) is 0 Å². The zero-order valence-corrected chi connectivity index (χ0v) is 10.8.